The van der Waals surface area contributed by atoms with Crippen molar-refractivity contribution in [2.24, 2.45) is 0 Å². The Morgan fingerprint density at radius 3 is 2.76 bits per heavy atom. The van der Waals surface area contributed by atoms with E-state index in [1.54, 1.807) is 6.92 Å². The van der Waals surface area contributed by atoms with E-state index in [1.165, 1.54) is 0 Å². The normalized spacial score (nSPS) is 12.2. The van der Waals surface area contributed by atoms with Crippen LogP contribution in [0.1, 0.15) is 32.4 Å². The highest BCUT2D eigenvalue weighted by Gasteiger charge is 2.01. The molecule has 1 aromatic rings. The summed E-state index contributed by atoms with van der Waals surface area (Å²) in [5.41, 5.74) is 0.939. The summed E-state index contributed by atoms with van der Waals surface area (Å²) in [7, 11) is 0. The van der Waals surface area contributed by atoms with Gasteiger partial charge in [0.1, 0.15) is 5.82 Å². The molecule has 3 N–H and O–H groups in total. The number of aliphatic hydroxyl groups is 1. The van der Waals surface area contributed by atoms with Gasteiger partial charge >= 0.3 is 0 Å². The van der Waals surface area contributed by atoms with Gasteiger partial charge in [-0.25, -0.2) is 4.98 Å². The van der Waals surface area contributed by atoms with Crippen LogP contribution in [0.5, 0.6) is 0 Å². The maximum absolute atomic E-state index is 9.14. The molecular formula is C12H22N4O. The van der Waals surface area contributed by atoms with Crippen molar-refractivity contribution in [1.82, 2.24) is 9.97 Å². The molecule has 96 valence electrons. The molecule has 0 aliphatic carbocycles. The van der Waals surface area contributed by atoms with Gasteiger partial charge in [0.05, 0.1) is 6.10 Å². The van der Waals surface area contributed by atoms with Gasteiger partial charge in [-0.15, -0.1) is 0 Å². The third-order valence-corrected chi connectivity index (χ3v) is 2.29. The lowest BCUT2D eigenvalue weighted by atomic mass is 10.2. The van der Waals surface area contributed by atoms with E-state index in [4.69, 9.17) is 5.11 Å². The Kier molecular flexibility index (Phi) is 5.69. The molecule has 5 heteroatoms. The maximum Gasteiger partial charge on any atom is 0.224 e. The number of nitrogens with one attached hydrogen (secondary N) is 2. The topological polar surface area (TPSA) is 70.1 Å². The highest BCUT2D eigenvalue weighted by Crippen LogP contribution is 2.09. The van der Waals surface area contributed by atoms with Crippen molar-refractivity contribution >= 4 is 11.8 Å². The lowest BCUT2D eigenvalue weighted by Crippen LogP contribution is -2.10. The second-order valence-electron chi connectivity index (χ2n) is 4.17. The molecular weight excluding hydrogens is 216 g/mol. The average molecular weight is 238 g/mol. The average Bonchev–Trinajstić information content (AvgIpc) is 2.24. The molecule has 0 spiro atoms. The first kappa shape index (κ1) is 13.7. The first-order valence-corrected chi connectivity index (χ1v) is 6.13. The van der Waals surface area contributed by atoms with E-state index in [1.807, 2.05) is 19.9 Å². The Hall–Kier alpha value is -1.36. The van der Waals surface area contributed by atoms with Crippen LogP contribution in [0, 0.1) is 6.92 Å². The fourth-order valence-electron chi connectivity index (χ4n) is 1.51. The number of nitrogens with zero attached hydrogens (tertiary/aromatic N) is 2. The minimum Gasteiger partial charge on any atom is -0.393 e. The maximum atomic E-state index is 9.14. The van der Waals surface area contributed by atoms with E-state index < -0.39 is 0 Å². The quantitative estimate of drug-likeness (QED) is 0.632. The predicted molar refractivity (Wildman–Crippen MR) is 70.3 cm³/mol. The van der Waals surface area contributed by atoms with Crippen LogP contribution in [0.4, 0.5) is 11.8 Å². The second kappa shape index (κ2) is 7.06. The summed E-state index contributed by atoms with van der Waals surface area (Å²) in [5, 5.41) is 15.5. The number of hydrogen-bond acceptors (Lipinski definition) is 5. The minimum atomic E-state index is -0.235. The smallest absolute Gasteiger partial charge is 0.224 e. The van der Waals surface area contributed by atoms with Crippen molar-refractivity contribution < 1.29 is 5.11 Å². The van der Waals surface area contributed by atoms with Crippen molar-refractivity contribution in [3.63, 3.8) is 0 Å². The minimum absolute atomic E-state index is 0.235. The van der Waals surface area contributed by atoms with Crippen LogP contribution in [-0.2, 0) is 0 Å². The molecule has 1 heterocycles. The number of anilines is 2. The van der Waals surface area contributed by atoms with Crippen molar-refractivity contribution in [3.8, 4) is 0 Å². The molecule has 1 aromatic heterocycles. The molecule has 1 atom stereocenters. The van der Waals surface area contributed by atoms with Gasteiger partial charge in [0, 0.05) is 24.8 Å². The van der Waals surface area contributed by atoms with E-state index in [2.05, 4.69) is 20.6 Å². The number of aromatic nitrogens is 2. The molecule has 1 unspecified atom stereocenters. The van der Waals surface area contributed by atoms with Gasteiger partial charge in [-0.2, -0.15) is 4.98 Å². The monoisotopic (exact) mass is 238 g/mol. The number of hydrogen-bond donors (Lipinski definition) is 3. The number of aliphatic hydroxyl groups excluding tert-OH is 1. The van der Waals surface area contributed by atoms with Crippen molar-refractivity contribution in [2.75, 3.05) is 23.7 Å². The molecule has 0 aromatic carbocycles. The van der Waals surface area contributed by atoms with E-state index in [-0.39, 0.29) is 6.10 Å². The Morgan fingerprint density at radius 1 is 1.35 bits per heavy atom. The predicted octanol–water partition coefficient (Wildman–Crippen LogP) is 1.79. The third kappa shape index (κ3) is 5.49. The van der Waals surface area contributed by atoms with Gasteiger partial charge in [0.25, 0.3) is 0 Å². The summed E-state index contributed by atoms with van der Waals surface area (Å²) in [6.45, 7) is 7.39. The Bertz CT molecular complexity index is 341. The summed E-state index contributed by atoms with van der Waals surface area (Å²) in [6, 6.07) is 1.92. The zero-order valence-corrected chi connectivity index (χ0v) is 10.8. The summed E-state index contributed by atoms with van der Waals surface area (Å²) in [4.78, 5) is 8.62. The molecule has 0 saturated carbocycles. The van der Waals surface area contributed by atoms with Gasteiger partial charge in [-0.05, 0) is 33.6 Å². The van der Waals surface area contributed by atoms with Crippen LogP contribution in [-0.4, -0.2) is 34.3 Å². The molecule has 1 rings (SSSR count). The van der Waals surface area contributed by atoms with Crippen LogP contribution in [0.15, 0.2) is 6.07 Å². The Balaban J connectivity index is 2.46. The van der Waals surface area contributed by atoms with Crippen LogP contribution in [0.3, 0.4) is 0 Å². The standard InChI is InChI=1S/C12H22N4O/c1-4-13-12-15-9(2)8-11(16-12)14-7-5-6-10(3)17/h8,10,17H,4-7H2,1-3H3,(H2,13,14,15,16). The van der Waals surface area contributed by atoms with E-state index >= 15 is 0 Å². The number of aryl methyl sites for hydroxylation is 1. The number of rotatable bonds is 7. The first-order chi connectivity index (χ1) is 8.11. The SMILES string of the molecule is CCNc1nc(C)cc(NCCCC(C)O)n1. The van der Waals surface area contributed by atoms with Crippen LogP contribution >= 0.6 is 0 Å². The van der Waals surface area contributed by atoms with E-state index in [9.17, 15) is 0 Å². The van der Waals surface area contributed by atoms with E-state index in [0.717, 1.165) is 37.4 Å². The molecule has 0 aliphatic rings. The molecule has 0 radical (unpaired) electrons. The lowest BCUT2D eigenvalue weighted by Gasteiger charge is -2.09. The van der Waals surface area contributed by atoms with Crippen LogP contribution in [0.2, 0.25) is 0 Å². The van der Waals surface area contributed by atoms with Crippen LogP contribution in [0.25, 0.3) is 0 Å². The first-order valence-electron chi connectivity index (χ1n) is 6.13. The largest absolute Gasteiger partial charge is 0.393 e. The fraction of sp³-hybridized carbons (Fsp3) is 0.667. The molecule has 0 bridgehead atoms. The summed E-state index contributed by atoms with van der Waals surface area (Å²) in [6.07, 6.45) is 1.50. The Morgan fingerprint density at radius 2 is 2.12 bits per heavy atom. The summed E-state index contributed by atoms with van der Waals surface area (Å²) < 4.78 is 0. The molecule has 17 heavy (non-hydrogen) atoms. The van der Waals surface area contributed by atoms with Gasteiger partial charge in [-0.3, -0.25) is 0 Å². The van der Waals surface area contributed by atoms with Crippen molar-refractivity contribution in [1.29, 1.82) is 0 Å². The molecule has 0 fully saturated rings. The van der Waals surface area contributed by atoms with Crippen molar-refractivity contribution in [2.45, 2.75) is 39.7 Å². The summed E-state index contributed by atoms with van der Waals surface area (Å²) in [5.74, 6) is 1.49. The molecule has 0 amide bonds. The van der Waals surface area contributed by atoms with E-state index in [0.29, 0.717) is 5.95 Å². The Labute approximate surface area is 103 Å². The van der Waals surface area contributed by atoms with Gasteiger partial charge in [-0.1, -0.05) is 0 Å². The lowest BCUT2D eigenvalue weighted by molar-refractivity contribution is 0.183. The zero-order chi connectivity index (χ0) is 12.7. The summed E-state index contributed by atoms with van der Waals surface area (Å²) >= 11 is 0. The highest BCUT2D eigenvalue weighted by atomic mass is 16.3. The van der Waals surface area contributed by atoms with Gasteiger partial charge in [0.2, 0.25) is 5.95 Å². The van der Waals surface area contributed by atoms with Gasteiger partial charge < -0.3 is 15.7 Å². The molecule has 0 aliphatic heterocycles. The third-order valence-electron chi connectivity index (χ3n) is 2.29. The second-order valence-corrected chi connectivity index (χ2v) is 4.17. The van der Waals surface area contributed by atoms with Gasteiger partial charge in [0.15, 0.2) is 0 Å². The van der Waals surface area contributed by atoms with Crippen LogP contribution < -0.4 is 10.6 Å². The molecule has 0 saturated heterocycles. The fourth-order valence-corrected chi connectivity index (χ4v) is 1.51. The zero-order valence-electron chi connectivity index (χ0n) is 10.8. The molecule has 5 nitrogen and oxygen atoms in total. The van der Waals surface area contributed by atoms with Crippen molar-refractivity contribution in [3.05, 3.63) is 11.8 Å². The highest BCUT2D eigenvalue weighted by molar-refractivity contribution is 5.41.